The first kappa shape index (κ1) is 11.6. The number of hydrogen-bond donors (Lipinski definition) is 2. The number of aromatic nitrogens is 2. The maximum absolute atomic E-state index is 9.77. The molecule has 0 bridgehead atoms. The predicted octanol–water partition coefficient (Wildman–Crippen LogP) is 0.00852. The van der Waals surface area contributed by atoms with Crippen LogP contribution < -0.4 is 5.73 Å². The minimum Gasteiger partial charge on any atom is -0.467 e. The Morgan fingerprint density at radius 2 is 2.38 bits per heavy atom. The molecule has 1 aromatic rings. The molecule has 0 radical (unpaired) electrons. The molecule has 5 heteroatoms. The topological polar surface area (TPSA) is 81.0 Å². The van der Waals surface area contributed by atoms with E-state index in [1.54, 1.807) is 6.33 Å². The molecule has 3 N–H and O–H groups in total. The summed E-state index contributed by atoms with van der Waals surface area (Å²) in [6.07, 6.45) is 2.31. The molecule has 1 rings (SSSR count). The van der Waals surface area contributed by atoms with Gasteiger partial charge >= 0.3 is 0 Å². The van der Waals surface area contributed by atoms with Crippen LogP contribution in [0.2, 0.25) is 0 Å². The summed E-state index contributed by atoms with van der Waals surface area (Å²) in [7, 11) is 1.50. The molecule has 1 heterocycles. The first-order valence-electron chi connectivity index (χ1n) is 3.96. The number of rotatable bonds is 4. The highest BCUT2D eigenvalue weighted by Crippen LogP contribution is 2.00. The highest BCUT2D eigenvalue weighted by Gasteiger charge is 1.99. The summed E-state index contributed by atoms with van der Waals surface area (Å²) in [5.41, 5.74) is 6.48. The fraction of sp³-hybridized carbons (Fsp3) is 0.500. The molecule has 13 heavy (non-hydrogen) atoms. The molecule has 5 nitrogen and oxygen atoms in total. The molecule has 0 aliphatic carbocycles. The molecule has 0 fully saturated rings. The minimum atomic E-state index is 0.398. The van der Waals surface area contributed by atoms with Crippen LogP contribution in [0.25, 0.3) is 0 Å². The van der Waals surface area contributed by atoms with Gasteiger partial charge in [0.15, 0.2) is 0 Å². The second kappa shape index (κ2) is 7.30. The van der Waals surface area contributed by atoms with E-state index < -0.39 is 0 Å². The molecule has 0 atom stereocenters. The van der Waals surface area contributed by atoms with E-state index in [0.29, 0.717) is 19.5 Å². The Labute approximate surface area is 77.3 Å². The van der Waals surface area contributed by atoms with Gasteiger partial charge in [0, 0.05) is 12.1 Å². The van der Waals surface area contributed by atoms with Gasteiger partial charge in [-0.3, -0.25) is 4.79 Å². The molecule has 0 saturated carbocycles. The lowest BCUT2D eigenvalue weighted by molar-refractivity contribution is -0.128. The van der Waals surface area contributed by atoms with Gasteiger partial charge in [0.25, 0.3) is 6.47 Å². The average Bonchev–Trinajstić information content (AvgIpc) is 2.56. The van der Waals surface area contributed by atoms with E-state index in [9.17, 15) is 4.79 Å². The fourth-order valence-corrected chi connectivity index (χ4v) is 0.843. The third-order valence-electron chi connectivity index (χ3n) is 1.46. The number of nitrogens with zero attached hydrogens (tertiary/aromatic N) is 1. The average molecular weight is 185 g/mol. The molecule has 0 spiro atoms. The van der Waals surface area contributed by atoms with Crippen molar-refractivity contribution in [3.63, 3.8) is 0 Å². The highest BCUT2D eigenvalue weighted by atomic mass is 16.5. The lowest BCUT2D eigenvalue weighted by atomic mass is 10.3. The maximum atomic E-state index is 9.77. The zero-order valence-electron chi connectivity index (χ0n) is 7.91. The van der Waals surface area contributed by atoms with Crippen molar-refractivity contribution in [2.45, 2.75) is 13.3 Å². The Hall–Kier alpha value is -1.36. The van der Waals surface area contributed by atoms with Gasteiger partial charge in [-0.15, -0.1) is 0 Å². The van der Waals surface area contributed by atoms with Crippen LogP contribution in [0.1, 0.15) is 11.4 Å². The zero-order valence-corrected chi connectivity index (χ0v) is 7.91. The lowest BCUT2D eigenvalue weighted by Gasteiger charge is -1.95. The van der Waals surface area contributed by atoms with Gasteiger partial charge in [-0.05, 0) is 14.0 Å². The quantitative estimate of drug-likeness (QED) is 0.511. The van der Waals surface area contributed by atoms with Crippen molar-refractivity contribution >= 4 is 6.47 Å². The fourth-order valence-electron chi connectivity index (χ4n) is 0.843. The number of aryl methyl sites for hydroxylation is 1. The first-order chi connectivity index (χ1) is 6.34. The number of aromatic amines is 1. The van der Waals surface area contributed by atoms with Gasteiger partial charge < -0.3 is 15.5 Å². The van der Waals surface area contributed by atoms with E-state index in [2.05, 4.69) is 20.4 Å². The molecule has 0 aliphatic rings. The molecule has 0 saturated heterocycles. The van der Waals surface area contributed by atoms with E-state index in [1.807, 2.05) is 6.92 Å². The SMILES string of the molecule is CN.Cc1[nH]cnc1CCOC=O. The Balaban J connectivity index is 0.000000671. The number of carbonyl (C=O) groups excluding carboxylic acids is 1. The molecule has 0 unspecified atom stereocenters. The van der Waals surface area contributed by atoms with E-state index in [0.717, 1.165) is 11.4 Å². The molecule has 0 aromatic carbocycles. The van der Waals surface area contributed by atoms with E-state index in [-0.39, 0.29) is 0 Å². The van der Waals surface area contributed by atoms with Crippen LogP contribution in [0.15, 0.2) is 6.33 Å². The smallest absolute Gasteiger partial charge is 0.293 e. The van der Waals surface area contributed by atoms with Gasteiger partial charge in [0.2, 0.25) is 0 Å². The van der Waals surface area contributed by atoms with Crippen molar-refractivity contribution in [2.75, 3.05) is 13.7 Å². The highest BCUT2D eigenvalue weighted by molar-refractivity contribution is 5.36. The number of hydrogen-bond acceptors (Lipinski definition) is 4. The molecular formula is C8H15N3O2. The van der Waals surface area contributed by atoms with Crippen molar-refractivity contribution < 1.29 is 9.53 Å². The summed E-state index contributed by atoms with van der Waals surface area (Å²) in [4.78, 5) is 16.7. The van der Waals surface area contributed by atoms with Crippen LogP contribution in [0.4, 0.5) is 0 Å². The summed E-state index contributed by atoms with van der Waals surface area (Å²) in [5, 5.41) is 0. The van der Waals surface area contributed by atoms with Gasteiger partial charge in [0.1, 0.15) is 0 Å². The third kappa shape index (κ3) is 4.27. The summed E-state index contributed by atoms with van der Waals surface area (Å²) in [5.74, 6) is 0. The second-order valence-corrected chi connectivity index (χ2v) is 2.19. The van der Waals surface area contributed by atoms with E-state index >= 15 is 0 Å². The van der Waals surface area contributed by atoms with Gasteiger partial charge in [0.05, 0.1) is 18.6 Å². The number of nitrogens with one attached hydrogen (secondary N) is 1. The van der Waals surface area contributed by atoms with Crippen molar-refractivity contribution in [1.82, 2.24) is 9.97 Å². The second-order valence-electron chi connectivity index (χ2n) is 2.19. The van der Waals surface area contributed by atoms with Crippen LogP contribution in [-0.4, -0.2) is 30.1 Å². The Morgan fingerprint density at radius 1 is 1.69 bits per heavy atom. The van der Waals surface area contributed by atoms with Crippen molar-refractivity contribution in [2.24, 2.45) is 5.73 Å². The van der Waals surface area contributed by atoms with Crippen molar-refractivity contribution in [3.8, 4) is 0 Å². The van der Waals surface area contributed by atoms with E-state index in [1.165, 1.54) is 7.05 Å². The summed E-state index contributed by atoms with van der Waals surface area (Å²) in [6, 6.07) is 0. The molecule has 74 valence electrons. The molecular weight excluding hydrogens is 170 g/mol. The maximum Gasteiger partial charge on any atom is 0.293 e. The number of ether oxygens (including phenoxy) is 1. The van der Waals surface area contributed by atoms with Gasteiger partial charge in [-0.2, -0.15) is 0 Å². The predicted molar refractivity (Wildman–Crippen MR) is 49.2 cm³/mol. The molecule has 0 aliphatic heterocycles. The number of imidazole rings is 1. The van der Waals surface area contributed by atoms with Crippen molar-refractivity contribution in [3.05, 3.63) is 17.7 Å². The standard InChI is InChI=1S/C7H10N2O2.CH5N/c1-6-7(9-4-8-6)2-3-11-5-10;1-2/h4-5H,2-3H2,1H3,(H,8,9);2H2,1H3. The van der Waals surface area contributed by atoms with Crippen LogP contribution in [-0.2, 0) is 16.0 Å². The Kier molecular flexibility index (Phi) is 6.53. The lowest BCUT2D eigenvalue weighted by Crippen LogP contribution is -1.98. The largest absolute Gasteiger partial charge is 0.467 e. The first-order valence-corrected chi connectivity index (χ1v) is 3.96. The van der Waals surface area contributed by atoms with Gasteiger partial charge in [-0.1, -0.05) is 0 Å². The van der Waals surface area contributed by atoms with Crippen LogP contribution in [0.5, 0.6) is 0 Å². The summed E-state index contributed by atoms with van der Waals surface area (Å²) >= 11 is 0. The van der Waals surface area contributed by atoms with Gasteiger partial charge in [-0.25, -0.2) is 4.98 Å². The molecule has 1 aromatic heterocycles. The number of carbonyl (C=O) groups is 1. The normalized spacial score (nSPS) is 8.54. The zero-order chi connectivity index (χ0) is 10.1. The summed E-state index contributed by atoms with van der Waals surface area (Å²) < 4.78 is 4.53. The minimum absolute atomic E-state index is 0.398. The number of nitrogens with two attached hydrogens (primary N) is 1. The molecule has 0 amide bonds. The number of H-pyrrole nitrogens is 1. The van der Waals surface area contributed by atoms with Crippen molar-refractivity contribution in [1.29, 1.82) is 0 Å². The summed E-state index contributed by atoms with van der Waals surface area (Å²) in [6.45, 7) is 2.78. The Morgan fingerprint density at radius 3 is 2.85 bits per heavy atom. The Bertz CT molecular complexity index is 235. The van der Waals surface area contributed by atoms with Crippen LogP contribution in [0, 0.1) is 6.92 Å². The van der Waals surface area contributed by atoms with E-state index in [4.69, 9.17) is 0 Å². The third-order valence-corrected chi connectivity index (χ3v) is 1.46. The van der Waals surface area contributed by atoms with Crippen LogP contribution >= 0.6 is 0 Å². The van der Waals surface area contributed by atoms with Crippen LogP contribution in [0.3, 0.4) is 0 Å². The monoisotopic (exact) mass is 185 g/mol.